The van der Waals surface area contributed by atoms with Crippen molar-refractivity contribution in [3.05, 3.63) is 52.1 Å². The fourth-order valence-electron chi connectivity index (χ4n) is 1.51. The molecule has 0 aliphatic rings. The highest BCUT2D eigenvalue weighted by Gasteiger charge is 2.02. The lowest BCUT2D eigenvalue weighted by atomic mass is 10.2. The van der Waals surface area contributed by atoms with Crippen LogP contribution in [0.25, 0.3) is 0 Å². The Morgan fingerprint density at radius 2 is 2.17 bits per heavy atom. The summed E-state index contributed by atoms with van der Waals surface area (Å²) in [7, 11) is 1.47. The van der Waals surface area contributed by atoms with E-state index in [1.54, 1.807) is 0 Å². The SMILES string of the molecule is COc1cc(=O)[nH]c(COc2cccc(C)c2)n1. The molecular formula is C13H14N2O3. The monoisotopic (exact) mass is 246 g/mol. The van der Waals surface area contributed by atoms with Gasteiger partial charge in [0.15, 0.2) is 5.82 Å². The van der Waals surface area contributed by atoms with E-state index in [0.717, 1.165) is 11.3 Å². The van der Waals surface area contributed by atoms with E-state index in [1.807, 2.05) is 31.2 Å². The highest BCUT2D eigenvalue weighted by atomic mass is 16.5. The Bertz CT molecular complexity index is 593. The third-order valence-corrected chi connectivity index (χ3v) is 2.34. The zero-order chi connectivity index (χ0) is 13.0. The third-order valence-electron chi connectivity index (χ3n) is 2.34. The number of aromatic nitrogens is 2. The van der Waals surface area contributed by atoms with Gasteiger partial charge in [-0.25, -0.2) is 0 Å². The van der Waals surface area contributed by atoms with Gasteiger partial charge in [0.2, 0.25) is 5.88 Å². The summed E-state index contributed by atoms with van der Waals surface area (Å²) in [6.45, 7) is 2.18. The molecule has 1 aromatic heterocycles. The first-order valence-corrected chi connectivity index (χ1v) is 5.51. The summed E-state index contributed by atoms with van der Waals surface area (Å²) in [4.78, 5) is 18.0. The number of ether oxygens (including phenoxy) is 2. The van der Waals surface area contributed by atoms with E-state index in [0.29, 0.717) is 5.82 Å². The van der Waals surface area contributed by atoms with Crippen LogP contribution < -0.4 is 15.0 Å². The molecule has 0 unspecified atom stereocenters. The Balaban J connectivity index is 2.10. The predicted octanol–water partition coefficient (Wildman–Crippen LogP) is 1.67. The summed E-state index contributed by atoms with van der Waals surface area (Å²) in [5, 5.41) is 0. The standard InChI is InChI=1S/C13H14N2O3/c1-9-4-3-5-10(6-9)18-8-11-14-12(16)7-13(15-11)17-2/h3-7H,8H2,1-2H3,(H,14,15,16). The van der Waals surface area contributed by atoms with E-state index >= 15 is 0 Å². The van der Waals surface area contributed by atoms with E-state index in [4.69, 9.17) is 9.47 Å². The number of rotatable bonds is 4. The van der Waals surface area contributed by atoms with E-state index in [-0.39, 0.29) is 18.0 Å². The summed E-state index contributed by atoms with van der Waals surface area (Å²) in [6, 6.07) is 8.95. The van der Waals surface area contributed by atoms with Gasteiger partial charge in [-0.3, -0.25) is 4.79 Å². The smallest absolute Gasteiger partial charge is 0.254 e. The molecule has 2 aromatic rings. The van der Waals surface area contributed by atoms with Crippen molar-refractivity contribution < 1.29 is 9.47 Å². The number of H-pyrrole nitrogens is 1. The van der Waals surface area contributed by atoms with Crippen molar-refractivity contribution >= 4 is 0 Å². The molecule has 0 saturated heterocycles. The minimum atomic E-state index is -0.260. The maximum absolute atomic E-state index is 11.3. The first-order valence-electron chi connectivity index (χ1n) is 5.51. The van der Waals surface area contributed by atoms with E-state index in [2.05, 4.69) is 9.97 Å². The Labute approximate surface area is 104 Å². The van der Waals surface area contributed by atoms with Crippen molar-refractivity contribution in [3.8, 4) is 11.6 Å². The normalized spacial score (nSPS) is 10.1. The lowest BCUT2D eigenvalue weighted by Crippen LogP contribution is -2.13. The topological polar surface area (TPSA) is 64.2 Å². The molecule has 0 fully saturated rings. The lowest BCUT2D eigenvalue weighted by Gasteiger charge is -2.07. The molecule has 1 aromatic carbocycles. The summed E-state index contributed by atoms with van der Waals surface area (Å²) < 4.78 is 10.5. The van der Waals surface area contributed by atoms with Gasteiger partial charge in [0.05, 0.1) is 13.2 Å². The molecule has 94 valence electrons. The van der Waals surface area contributed by atoms with Crippen LogP contribution in [0.1, 0.15) is 11.4 Å². The van der Waals surface area contributed by atoms with Gasteiger partial charge in [-0.1, -0.05) is 12.1 Å². The highest BCUT2D eigenvalue weighted by Crippen LogP contribution is 2.13. The summed E-state index contributed by atoms with van der Waals surface area (Å²) >= 11 is 0. The van der Waals surface area contributed by atoms with Gasteiger partial charge in [-0.2, -0.15) is 4.98 Å². The van der Waals surface area contributed by atoms with Crippen LogP contribution in [0.4, 0.5) is 0 Å². The van der Waals surface area contributed by atoms with Crippen LogP contribution in [0.3, 0.4) is 0 Å². The van der Waals surface area contributed by atoms with Crippen molar-refractivity contribution in [1.82, 2.24) is 9.97 Å². The zero-order valence-electron chi connectivity index (χ0n) is 10.3. The molecule has 0 radical (unpaired) electrons. The van der Waals surface area contributed by atoms with Crippen LogP contribution in [-0.4, -0.2) is 17.1 Å². The Kier molecular flexibility index (Phi) is 3.62. The fourth-order valence-corrected chi connectivity index (χ4v) is 1.51. The molecule has 1 N–H and O–H groups in total. The second-order valence-corrected chi connectivity index (χ2v) is 3.84. The van der Waals surface area contributed by atoms with Crippen molar-refractivity contribution in [2.24, 2.45) is 0 Å². The van der Waals surface area contributed by atoms with Crippen LogP contribution in [0.2, 0.25) is 0 Å². The summed E-state index contributed by atoms with van der Waals surface area (Å²) in [5.41, 5.74) is 0.851. The lowest BCUT2D eigenvalue weighted by molar-refractivity contribution is 0.291. The predicted molar refractivity (Wildman–Crippen MR) is 66.9 cm³/mol. The van der Waals surface area contributed by atoms with Crippen LogP contribution in [-0.2, 0) is 6.61 Å². The molecule has 5 heteroatoms. The number of hydrogen-bond acceptors (Lipinski definition) is 4. The van der Waals surface area contributed by atoms with Crippen LogP contribution in [0.5, 0.6) is 11.6 Å². The first kappa shape index (κ1) is 12.2. The number of aryl methyl sites for hydroxylation is 1. The zero-order valence-corrected chi connectivity index (χ0v) is 10.3. The number of benzene rings is 1. The second-order valence-electron chi connectivity index (χ2n) is 3.84. The van der Waals surface area contributed by atoms with E-state index < -0.39 is 0 Å². The molecule has 5 nitrogen and oxygen atoms in total. The summed E-state index contributed by atoms with van der Waals surface area (Å²) in [5.74, 6) is 1.45. The van der Waals surface area contributed by atoms with Gasteiger partial charge >= 0.3 is 0 Å². The maximum atomic E-state index is 11.3. The molecule has 18 heavy (non-hydrogen) atoms. The Morgan fingerprint density at radius 1 is 1.33 bits per heavy atom. The maximum Gasteiger partial charge on any atom is 0.254 e. The molecule has 0 saturated carbocycles. The molecular weight excluding hydrogens is 232 g/mol. The van der Waals surface area contributed by atoms with Crippen LogP contribution >= 0.6 is 0 Å². The molecule has 1 heterocycles. The minimum Gasteiger partial charge on any atom is -0.486 e. The highest BCUT2D eigenvalue weighted by molar-refractivity contribution is 5.27. The largest absolute Gasteiger partial charge is 0.486 e. The van der Waals surface area contributed by atoms with Gasteiger partial charge in [0.25, 0.3) is 5.56 Å². The molecule has 0 amide bonds. The molecule has 0 spiro atoms. The van der Waals surface area contributed by atoms with Crippen molar-refractivity contribution in [2.45, 2.75) is 13.5 Å². The second kappa shape index (κ2) is 5.35. The molecule has 0 bridgehead atoms. The fraction of sp³-hybridized carbons (Fsp3) is 0.231. The van der Waals surface area contributed by atoms with Crippen LogP contribution in [0, 0.1) is 6.92 Å². The van der Waals surface area contributed by atoms with Gasteiger partial charge in [0, 0.05) is 0 Å². The van der Waals surface area contributed by atoms with Gasteiger partial charge < -0.3 is 14.5 Å². The number of hydrogen-bond donors (Lipinski definition) is 1. The average Bonchev–Trinajstić information content (AvgIpc) is 2.36. The Hall–Kier alpha value is -2.30. The van der Waals surface area contributed by atoms with Gasteiger partial charge in [-0.15, -0.1) is 0 Å². The van der Waals surface area contributed by atoms with Gasteiger partial charge in [0.1, 0.15) is 12.4 Å². The van der Waals surface area contributed by atoms with E-state index in [9.17, 15) is 4.79 Å². The number of nitrogens with zero attached hydrogens (tertiary/aromatic N) is 1. The summed E-state index contributed by atoms with van der Waals surface area (Å²) in [6.07, 6.45) is 0. The quantitative estimate of drug-likeness (QED) is 0.891. The molecule has 0 aliphatic carbocycles. The third kappa shape index (κ3) is 3.10. The number of methoxy groups -OCH3 is 1. The minimum absolute atomic E-state index is 0.190. The first-order chi connectivity index (χ1) is 8.67. The van der Waals surface area contributed by atoms with E-state index in [1.165, 1.54) is 13.2 Å². The van der Waals surface area contributed by atoms with Crippen molar-refractivity contribution in [1.29, 1.82) is 0 Å². The Morgan fingerprint density at radius 3 is 2.89 bits per heavy atom. The molecule has 2 rings (SSSR count). The number of aromatic amines is 1. The van der Waals surface area contributed by atoms with Crippen LogP contribution in [0.15, 0.2) is 35.1 Å². The molecule has 0 atom stereocenters. The van der Waals surface area contributed by atoms with Crippen molar-refractivity contribution in [2.75, 3.05) is 7.11 Å². The van der Waals surface area contributed by atoms with Crippen molar-refractivity contribution in [3.63, 3.8) is 0 Å². The molecule has 0 aliphatic heterocycles. The average molecular weight is 246 g/mol. The van der Waals surface area contributed by atoms with Gasteiger partial charge in [-0.05, 0) is 24.6 Å². The number of nitrogens with one attached hydrogen (secondary N) is 1.